The molecule has 0 aromatic heterocycles. The molecule has 0 spiro atoms. The number of piperidine rings is 1. The molecular weight excluding hydrogens is 260 g/mol. The fraction of sp³-hybridized carbons (Fsp3) is 0.667. The van der Waals surface area contributed by atoms with Crippen molar-refractivity contribution in [1.29, 1.82) is 0 Å². The maximum atomic E-state index is 5.45. The standard InChI is InChI=1S/C17H26N2O.CH4/c1-12-13(2)17(20-3)8-7-15(12)16-6-4-5-14-11-18-9-10-19(14)16;/h7-8,14,16,18H,4-6,9-11H2,1-3H3;1H4. The topological polar surface area (TPSA) is 24.5 Å². The molecule has 2 aliphatic heterocycles. The van der Waals surface area contributed by atoms with Gasteiger partial charge in [-0.2, -0.15) is 0 Å². The predicted octanol–water partition coefficient (Wildman–Crippen LogP) is 3.45. The molecule has 1 aromatic carbocycles. The van der Waals surface area contributed by atoms with Crippen LogP contribution in [0.1, 0.15) is 49.4 Å². The molecule has 0 bridgehead atoms. The molecule has 2 saturated heterocycles. The van der Waals surface area contributed by atoms with Crippen molar-refractivity contribution >= 4 is 0 Å². The van der Waals surface area contributed by atoms with E-state index in [4.69, 9.17) is 4.74 Å². The first-order valence-electron chi connectivity index (χ1n) is 7.83. The second-order valence-electron chi connectivity index (χ2n) is 6.15. The van der Waals surface area contributed by atoms with Gasteiger partial charge in [-0.15, -0.1) is 0 Å². The van der Waals surface area contributed by atoms with E-state index in [-0.39, 0.29) is 7.43 Å². The van der Waals surface area contributed by atoms with Crippen molar-refractivity contribution in [2.75, 3.05) is 26.7 Å². The van der Waals surface area contributed by atoms with Crippen LogP contribution >= 0.6 is 0 Å². The Morgan fingerprint density at radius 2 is 2.00 bits per heavy atom. The lowest BCUT2D eigenvalue weighted by Gasteiger charge is -2.46. The van der Waals surface area contributed by atoms with Crippen molar-refractivity contribution < 1.29 is 4.74 Å². The lowest BCUT2D eigenvalue weighted by molar-refractivity contribution is 0.0615. The molecule has 118 valence electrons. The van der Waals surface area contributed by atoms with Crippen molar-refractivity contribution in [1.82, 2.24) is 10.2 Å². The van der Waals surface area contributed by atoms with Gasteiger partial charge in [0.05, 0.1) is 7.11 Å². The first-order chi connectivity index (χ1) is 9.72. The van der Waals surface area contributed by atoms with Crippen LogP contribution in [0.5, 0.6) is 5.75 Å². The monoisotopic (exact) mass is 290 g/mol. The van der Waals surface area contributed by atoms with E-state index in [1.807, 2.05) is 0 Å². The van der Waals surface area contributed by atoms with Crippen LogP contribution in [0.15, 0.2) is 12.1 Å². The molecule has 0 saturated carbocycles. The van der Waals surface area contributed by atoms with E-state index in [0.717, 1.165) is 24.9 Å². The molecule has 2 aliphatic rings. The van der Waals surface area contributed by atoms with Gasteiger partial charge in [0.2, 0.25) is 0 Å². The normalized spacial score (nSPS) is 25.9. The summed E-state index contributed by atoms with van der Waals surface area (Å²) in [5.41, 5.74) is 4.21. The molecule has 3 rings (SSSR count). The van der Waals surface area contributed by atoms with E-state index < -0.39 is 0 Å². The first kappa shape index (κ1) is 16.3. The minimum absolute atomic E-state index is 0. The largest absolute Gasteiger partial charge is 0.496 e. The smallest absolute Gasteiger partial charge is 0.122 e. The summed E-state index contributed by atoms with van der Waals surface area (Å²) in [7, 11) is 1.76. The third-order valence-electron chi connectivity index (χ3n) is 5.17. The van der Waals surface area contributed by atoms with Crippen molar-refractivity contribution in [3.8, 4) is 5.75 Å². The number of hydrogen-bond donors (Lipinski definition) is 1. The third kappa shape index (κ3) is 2.95. The Hall–Kier alpha value is -1.06. The number of fused-ring (bicyclic) bond motifs is 1. The Balaban J connectivity index is 0.00000161. The summed E-state index contributed by atoms with van der Waals surface area (Å²) in [4.78, 5) is 2.73. The summed E-state index contributed by atoms with van der Waals surface area (Å²) < 4.78 is 5.45. The number of piperazine rings is 1. The van der Waals surface area contributed by atoms with E-state index in [1.54, 1.807) is 7.11 Å². The first-order valence-corrected chi connectivity index (χ1v) is 7.83. The van der Waals surface area contributed by atoms with Crippen LogP contribution in [0.25, 0.3) is 0 Å². The molecule has 3 heteroatoms. The van der Waals surface area contributed by atoms with Crippen molar-refractivity contribution in [2.24, 2.45) is 0 Å². The van der Waals surface area contributed by atoms with Crippen molar-refractivity contribution in [3.05, 3.63) is 28.8 Å². The number of benzene rings is 1. The van der Waals surface area contributed by atoms with Crippen LogP contribution in [0.4, 0.5) is 0 Å². The zero-order valence-corrected chi connectivity index (χ0v) is 12.9. The molecule has 1 aromatic rings. The van der Waals surface area contributed by atoms with Gasteiger partial charge in [-0.3, -0.25) is 4.90 Å². The fourth-order valence-electron chi connectivity index (χ4n) is 3.90. The molecule has 2 heterocycles. The maximum absolute atomic E-state index is 5.45. The minimum Gasteiger partial charge on any atom is -0.496 e. The number of methoxy groups -OCH3 is 1. The molecule has 0 amide bonds. The van der Waals surface area contributed by atoms with E-state index in [2.05, 4.69) is 36.2 Å². The van der Waals surface area contributed by atoms with Gasteiger partial charge in [-0.05, 0) is 55.9 Å². The van der Waals surface area contributed by atoms with Gasteiger partial charge < -0.3 is 10.1 Å². The fourth-order valence-corrected chi connectivity index (χ4v) is 3.90. The van der Waals surface area contributed by atoms with E-state index in [0.29, 0.717) is 6.04 Å². The zero-order valence-electron chi connectivity index (χ0n) is 12.9. The molecule has 21 heavy (non-hydrogen) atoms. The van der Waals surface area contributed by atoms with Gasteiger partial charge >= 0.3 is 0 Å². The highest BCUT2D eigenvalue weighted by Gasteiger charge is 2.33. The van der Waals surface area contributed by atoms with Gasteiger partial charge in [-0.1, -0.05) is 13.5 Å². The molecule has 2 unspecified atom stereocenters. The Bertz CT molecular complexity index is 484. The molecule has 0 radical (unpaired) electrons. The Labute approximate surface area is 129 Å². The van der Waals surface area contributed by atoms with Crippen LogP contribution in [0.3, 0.4) is 0 Å². The summed E-state index contributed by atoms with van der Waals surface area (Å²) in [5, 5.41) is 3.54. The third-order valence-corrected chi connectivity index (χ3v) is 5.17. The van der Waals surface area contributed by atoms with Gasteiger partial charge in [0, 0.05) is 31.7 Å². The second-order valence-corrected chi connectivity index (χ2v) is 6.15. The van der Waals surface area contributed by atoms with Crippen molar-refractivity contribution in [3.63, 3.8) is 0 Å². The minimum atomic E-state index is 0. The average Bonchev–Trinajstić information content (AvgIpc) is 2.50. The summed E-state index contributed by atoms with van der Waals surface area (Å²) in [6.45, 7) is 7.89. The SMILES string of the molecule is C.COc1ccc(C2CCCC3CNCCN32)c(C)c1C. The number of ether oxygens (including phenoxy) is 1. The number of nitrogens with zero attached hydrogens (tertiary/aromatic N) is 1. The summed E-state index contributed by atoms with van der Waals surface area (Å²) in [5.74, 6) is 1.01. The average molecular weight is 290 g/mol. The van der Waals surface area contributed by atoms with Crippen LogP contribution in [0, 0.1) is 13.8 Å². The van der Waals surface area contributed by atoms with Gasteiger partial charge in [0.1, 0.15) is 5.75 Å². The predicted molar refractivity (Wildman–Crippen MR) is 89.2 cm³/mol. The Kier molecular flexibility index (Phi) is 5.28. The summed E-state index contributed by atoms with van der Waals surface area (Å²) in [6, 6.07) is 5.75. The van der Waals surface area contributed by atoms with Crippen LogP contribution < -0.4 is 10.1 Å². The van der Waals surface area contributed by atoms with Gasteiger partial charge in [0.15, 0.2) is 0 Å². The summed E-state index contributed by atoms with van der Waals surface area (Å²) >= 11 is 0. The molecule has 3 nitrogen and oxygen atoms in total. The molecule has 1 N–H and O–H groups in total. The number of hydrogen-bond acceptors (Lipinski definition) is 3. The van der Waals surface area contributed by atoms with E-state index >= 15 is 0 Å². The highest BCUT2D eigenvalue weighted by Crippen LogP contribution is 2.38. The van der Waals surface area contributed by atoms with Crippen LogP contribution in [-0.2, 0) is 0 Å². The zero-order chi connectivity index (χ0) is 14.1. The Morgan fingerprint density at radius 3 is 2.76 bits per heavy atom. The van der Waals surface area contributed by atoms with Crippen molar-refractivity contribution in [2.45, 2.75) is 52.6 Å². The maximum Gasteiger partial charge on any atom is 0.122 e. The van der Waals surface area contributed by atoms with E-state index in [9.17, 15) is 0 Å². The number of rotatable bonds is 2. The highest BCUT2D eigenvalue weighted by atomic mass is 16.5. The molecule has 0 aliphatic carbocycles. The number of nitrogens with one attached hydrogen (secondary N) is 1. The molecule has 2 atom stereocenters. The van der Waals surface area contributed by atoms with E-state index in [1.165, 1.54) is 42.5 Å². The van der Waals surface area contributed by atoms with Gasteiger partial charge in [-0.25, -0.2) is 0 Å². The highest BCUT2D eigenvalue weighted by molar-refractivity contribution is 5.45. The Morgan fingerprint density at radius 1 is 1.19 bits per heavy atom. The molecule has 2 fully saturated rings. The van der Waals surface area contributed by atoms with Crippen LogP contribution in [-0.4, -0.2) is 37.7 Å². The van der Waals surface area contributed by atoms with Gasteiger partial charge in [0.25, 0.3) is 0 Å². The quantitative estimate of drug-likeness (QED) is 0.903. The molecular formula is C18H30N2O. The lowest BCUT2D eigenvalue weighted by atomic mass is 9.86. The lowest BCUT2D eigenvalue weighted by Crippen LogP contribution is -2.54. The summed E-state index contributed by atoms with van der Waals surface area (Å²) in [6.07, 6.45) is 3.98. The van der Waals surface area contributed by atoms with Crippen LogP contribution in [0.2, 0.25) is 0 Å². The second kappa shape index (κ2) is 6.80.